The standard InChI is InChI=1S/C13H21NO5S2/c1-18-12-8-11(7-10(9-15)13(12)19-2)21(16,17)14-5-4-6-20-3/h7-8,14-15H,4-6,9H2,1-3H3. The second-order valence-electron chi connectivity index (χ2n) is 4.22. The Hall–Kier alpha value is -0.960. The van der Waals surface area contributed by atoms with E-state index in [2.05, 4.69) is 4.72 Å². The molecule has 0 aliphatic carbocycles. The molecule has 0 radical (unpaired) electrons. The van der Waals surface area contributed by atoms with Gasteiger partial charge in [0.25, 0.3) is 0 Å². The minimum atomic E-state index is -3.64. The van der Waals surface area contributed by atoms with Crippen molar-refractivity contribution in [3.63, 3.8) is 0 Å². The molecule has 1 aromatic rings. The predicted octanol–water partition coefficient (Wildman–Crippen LogP) is 1.23. The van der Waals surface area contributed by atoms with Crippen LogP contribution in [-0.2, 0) is 16.6 Å². The van der Waals surface area contributed by atoms with E-state index < -0.39 is 10.0 Å². The summed E-state index contributed by atoms with van der Waals surface area (Å²) >= 11 is 1.66. The fourth-order valence-electron chi connectivity index (χ4n) is 1.79. The Bertz CT molecular complexity index is 535. The maximum atomic E-state index is 12.2. The predicted molar refractivity (Wildman–Crippen MR) is 83.7 cm³/mol. The van der Waals surface area contributed by atoms with E-state index in [-0.39, 0.29) is 17.3 Å². The molecule has 0 saturated heterocycles. The van der Waals surface area contributed by atoms with Crippen LogP contribution in [0.5, 0.6) is 11.5 Å². The number of rotatable bonds is 9. The molecule has 0 aliphatic heterocycles. The van der Waals surface area contributed by atoms with Gasteiger partial charge in [-0.05, 0) is 24.5 Å². The summed E-state index contributed by atoms with van der Waals surface area (Å²) in [7, 11) is -0.783. The van der Waals surface area contributed by atoms with Crippen LogP contribution in [0.15, 0.2) is 17.0 Å². The lowest BCUT2D eigenvalue weighted by atomic mass is 10.2. The van der Waals surface area contributed by atoms with Crippen molar-refractivity contribution in [1.82, 2.24) is 4.72 Å². The Morgan fingerprint density at radius 3 is 2.52 bits per heavy atom. The molecule has 0 atom stereocenters. The molecule has 0 unspecified atom stereocenters. The third-order valence-electron chi connectivity index (χ3n) is 2.83. The second kappa shape index (κ2) is 8.47. The average Bonchev–Trinajstić information content (AvgIpc) is 2.49. The number of methoxy groups -OCH3 is 2. The Balaban J connectivity index is 3.06. The van der Waals surface area contributed by atoms with E-state index in [4.69, 9.17) is 9.47 Å². The van der Waals surface area contributed by atoms with Crippen molar-refractivity contribution in [2.75, 3.05) is 32.8 Å². The number of nitrogens with one attached hydrogen (secondary N) is 1. The highest BCUT2D eigenvalue weighted by molar-refractivity contribution is 7.98. The van der Waals surface area contributed by atoms with Crippen LogP contribution < -0.4 is 14.2 Å². The van der Waals surface area contributed by atoms with Gasteiger partial charge < -0.3 is 14.6 Å². The van der Waals surface area contributed by atoms with Crippen molar-refractivity contribution in [2.24, 2.45) is 0 Å². The Kier molecular flexibility index (Phi) is 7.30. The van der Waals surface area contributed by atoms with Crippen molar-refractivity contribution in [1.29, 1.82) is 0 Å². The molecule has 8 heteroatoms. The molecule has 6 nitrogen and oxygen atoms in total. The SMILES string of the molecule is COc1cc(S(=O)(=O)NCCCSC)cc(CO)c1OC. The van der Waals surface area contributed by atoms with Gasteiger partial charge in [-0.3, -0.25) is 0 Å². The molecule has 21 heavy (non-hydrogen) atoms. The van der Waals surface area contributed by atoms with Crippen LogP contribution in [-0.4, -0.2) is 46.3 Å². The van der Waals surface area contributed by atoms with Crippen molar-refractivity contribution >= 4 is 21.8 Å². The zero-order chi connectivity index (χ0) is 15.9. The summed E-state index contributed by atoms with van der Waals surface area (Å²) in [6.07, 6.45) is 2.72. The quantitative estimate of drug-likeness (QED) is 0.660. The van der Waals surface area contributed by atoms with Crippen molar-refractivity contribution < 1.29 is 23.0 Å². The van der Waals surface area contributed by atoms with Crippen LogP contribution in [0.1, 0.15) is 12.0 Å². The summed E-state index contributed by atoms with van der Waals surface area (Å²) in [5.74, 6) is 1.49. The van der Waals surface area contributed by atoms with Gasteiger partial charge in [0.1, 0.15) is 0 Å². The maximum Gasteiger partial charge on any atom is 0.240 e. The fourth-order valence-corrected chi connectivity index (χ4v) is 3.37. The number of hydrogen-bond donors (Lipinski definition) is 2. The molecule has 0 bridgehead atoms. The molecule has 0 amide bonds. The van der Waals surface area contributed by atoms with Gasteiger partial charge in [0.2, 0.25) is 10.0 Å². The highest BCUT2D eigenvalue weighted by Gasteiger charge is 2.19. The fraction of sp³-hybridized carbons (Fsp3) is 0.538. The third-order valence-corrected chi connectivity index (χ3v) is 4.96. The second-order valence-corrected chi connectivity index (χ2v) is 6.97. The summed E-state index contributed by atoms with van der Waals surface area (Å²) < 4.78 is 37.3. The molecule has 0 spiro atoms. The van der Waals surface area contributed by atoms with E-state index in [1.807, 2.05) is 6.26 Å². The monoisotopic (exact) mass is 335 g/mol. The zero-order valence-electron chi connectivity index (χ0n) is 12.4. The molecule has 0 heterocycles. The molecular formula is C13H21NO5S2. The highest BCUT2D eigenvalue weighted by Crippen LogP contribution is 2.34. The first-order valence-corrected chi connectivity index (χ1v) is 9.22. The Morgan fingerprint density at radius 2 is 2.00 bits per heavy atom. The van der Waals surface area contributed by atoms with Crippen molar-refractivity contribution in [2.45, 2.75) is 17.9 Å². The summed E-state index contributed by atoms with van der Waals surface area (Å²) in [5, 5.41) is 9.35. The molecule has 0 aliphatic rings. The average molecular weight is 335 g/mol. The van der Waals surface area contributed by atoms with Gasteiger partial charge in [-0.15, -0.1) is 0 Å². The van der Waals surface area contributed by atoms with Gasteiger partial charge in [-0.25, -0.2) is 13.1 Å². The lowest BCUT2D eigenvalue weighted by Crippen LogP contribution is -2.25. The van der Waals surface area contributed by atoms with Crippen LogP contribution >= 0.6 is 11.8 Å². The molecular weight excluding hydrogens is 314 g/mol. The van der Waals surface area contributed by atoms with Crippen LogP contribution in [0.2, 0.25) is 0 Å². The van der Waals surface area contributed by atoms with Gasteiger partial charge in [0.05, 0.1) is 25.7 Å². The molecule has 0 saturated carbocycles. The third kappa shape index (κ3) is 4.77. The minimum Gasteiger partial charge on any atom is -0.493 e. The van der Waals surface area contributed by atoms with Crippen molar-refractivity contribution in [3.05, 3.63) is 17.7 Å². The van der Waals surface area contributed by atoms with Gasteiger partial charge in [0, 0.05) is 18.2 Å². The first-order valence-electron chi connectivity index (χ1n) is 6.34. The first-order chi connectivity index (χ1) is 10.00. The molecule has 1 rings (SSSR count). The van der Waals surface area contributed by atoms with Crippen molar-refractivity contribution in [3.8, 4) is 11.5 Å². The van der Waals surface area contributed by atoms with Crippen LogP contribution in [0.25, 0.3) is 0 Å². The topological polar surface area (TPSA) is 84.9 Å². The Morgan fingerprint density at radius 1 is 1.29 bits per heavy atom. The van der Waals surface area contributed by atoms with E-state index in [0.29, 0.717) is 17.9 Å². The Labute approximate surface area is 129 Å². The van der Waals surface area contributed by atoms with E-state index in [9.17, 15) is 13.5 Å². The molecule has 1 aromatic carbocycles. The maximum absolute atomic E-state index is 12.2. The van der Waals surface area contributed by atoms with Gasteiger partial charge in [-0.1, -0.05) is 0 Å². The van der Waals surface area contributed by atoms with E-state index >= 15 is 0 Å². The number of hydrogen-bond acceptors (Lipinski definition) is 6. The lowest BCUT2D eigenvalue weighted by Gasteiger charge is -2.14. The summed E-state index contributed by atoms with van der Waals surface area (Å²) in [5.41, 5.74) is 0.362. The summed E-state index contributed by atoms with van der Waals surface area (Å²) in [6.45, 7) is 0.0291. The number of sulfonamides is 1. The number of thioether (sulfide) groups is 1. The van der Waals surface area contributed by atoms with E-state index in [1.54, 1.807) is 11.8 Å². The molecule has 120 valence electrons. The number of aliphatic hydroxyl groups excluding tert-OH is 1. The van der Waals surface area contributed by atoms with Crippen LogP contribution in [0.3, 0.4) is 0 Å². The van der Waals surface area contributed by atoms with Crippen LogP contribution in [0, 0.1) is 0 Å². The van der Waals surface area contributed by atoms with Gasteiger partial charge in [-0.2, -0.15) is 11.8 Å². The molecule has 0 fully saturated rings. The van der Waals surface area contributed by atoms with Gasteiger partial charge in [0.15, 0.2) is 11.5 Å². The largest absolute Gasteiger partial charge is 0.493 e. The lowest BCUT2D eigenvalue weighted by molar-refractivity contribution is 0.269. The minimum absolute atomic E-state index is 0.0494. The van der Waals surface area contributed by atoms with Crippen LogP contribution in [0.4, 0.5) is 0 Å². The number of aliphatic hydroxyl groups is 1. The number of benzene rings is 1. The first kappa shape index (κ1) is 18.1. The van der Waals surface area contributed by atoms with E-state index in [1.165, 1.54) is 26.4 Å². The number of ether oxygens (including phenoxy) is 2. The summed E-state index contributed by atoms with van der Waals surface area (Å²) in [4.78, 5) is 0.0494. The smallest absolute Gasteiger partial charge is 0.240 e. The zero-order valence-corrected chi connectivity index (χ0v) is 14.0. The molecule has 2 N–H and O–H groups in total. The van der Waals surface area contributed by atoms with E-state index in [0.717, 1.165) is 12.2 Å². The highest BCUT2D eigenvalue weighted by atomic mass is 32.2. The normalized spacial score (nSPS) is 11.4. The summed E-state index contributed by atoms with van der Waals surface area (Å²) in [6, 6.07) is 2.77. The molecule has 0 aromatic heterocycles. The van der Waals surface area contributed by atoms with Gasteiger partial charge >= 0.3 is 0 Å².